The lowest BCUT2D eigenvalue weighted by molar-refractivity contribution is -0.143. The van der Waals surface area contributed by atoms with Gasteiger partial charge in [0, 0.05) is 70.2 Å². The van der Waals surface area contributed by atoms with Gasteiger partial charge in [0.25, 0.3) is 0 Å². The number of carbonyl (C=O) groups excluding carboxylic acids is 2. The number of para-hydroxylation sites is 1. The van der Waals surface area contributed by atoms with Crippen LogP contribution in [0.25, 0.3) is 0 Å². The van der Waals surface area contributed by atoms with E-state index >= 15 is 0 Å². The first-order chi connectivity index (χ1) is 14.7. The second kappa shape index (κ2) is 8.07. The molecule has 0 N–H and O–H groups in total. The van der Waals surface area contributed by atoms with Crippen molar-refractivity contribution in [3.05, 3.63) is 54.7 Å². The zero-order chi connectivity index (χ0) is 20.5. The third kappa shape index (κ3) is 3.65. The lowest BCUT2D eigenvalue weighted by atomic mass is 10.0. The molecule has 3 aliphatic heterocycles. The van der Waals surface area contributed by atoms with Crippen LogP contribution >= 0.6 is 0 Å². The minimum atomic E-state index is -0.223. The fourth-order valence-electron chi connectivity index (χ4n) is 4.71. The maximum Gasteiger partial charge on any atom is 0.228 e. The monoisotopic (exact) mass is 405 g/mol. The van der Waals surface area contributed by atoms with Crippen molar-refractivity contribution in [2.24, 2.45) is 5.92 Å². The fourth-order valence-corrected chi connectivity index (χ4v) is 4.71. The molecule has 7 heteroatoms. The highest BCUT2D eigenvalue weighted by Crippen LogP contribution is 2.28. The molecule has 30 heavy (non-hydrogen) atoms. The summed E-state index contributed by atoms with van der Waals surface area (Å²) in [5.41, 5.74) is 0.880. The third-order valence-electron chi connectivity index (χ3n) is 6.52. The standard InChI is InChI=1S/C23H27N5O2/c29-22-14-18(15-28(22)19-6-2-1-3-7-19)23(30)27-16-20(17-27)25-10-12-26(13-11-25)21-8-4-5-9-24-21/h1-9,18,20H,10-17H2. The average Bonchev–Trinajstić information content (AvgIpc) is 3.16. The van der Waals surface area contributed by atoms with Crippen molar-refractivity contribution in [3.8, 4) is 0 Å². The first-order valence-electron chi connectivity index (χ1n) is 10.7. The Morgan fingerprint density at radius 3 is 2.33 bits per heavy atom. The number of carbonyl (C=O) groups is 2. The van der Waals surface area contributed by atoms with Gasteiger partial charge in [0.15, 0.2) is 0 Å². The molecule has 1 unspecified atom stereocenters. The first kappa shape index (κ1) is 19.1. The number of piperazine rings is 1. The van der Waals surface area contributed by atoms with Crippen LogP contribution in [0.5, 0.6) is 0 Å². The molecule has 0 saturated carbocycles. The van der Waals surface area contributed by atoms with Gasteiger partial charge in [-0.05, 0) is 24.3 Å². The summed E-state index contributed by atoms with van der Waals surface area (Å²) in [6.07, 6.45) is 2.15. The number of anilines is 2. The number of pyridine rings is 1. The lowest BCUT2D eigenvalue weighted by Gasteiger charge is -2.48. The quantitative estimate of drug-likeness (QED) is 0.771. The van der Waals surface area contributed by atoms with Gasteiger partial charge >= 0.3 is 0 Å². The van der Waals surface area contributed by atoms with Crippen molar-refractivity contribution in [2.75, 3.05) is 55.6 Å². The molecule has 1 aromatic carbocycles. The smallest absolute Gasteiger partial charge is 0.228 e. The van der Waals surface area contributed by atoms with Gasteiger partial charge in [0.05, 0.1) is 5.92 Å². The molecule has 1 aromatic heterocycles. The number of amides is 2. The number of hydrogen-bond acceptors (Lipinski definition) is 5. The summed E-state index contributed by atoms with van der Waals surface area (Å²) in [7, 11) is 0. The predicted molar refractivity (Wildman–Crippen MR) is 115 cm³/mol. The van der Waals surface area contributed by atoms with E-state index < -0.39 is 0 Å². The van der Waals surface area contributed by atoms with Crippen molar-refractivity contribution in [3.63, 3.8) is 0 Å². The van der Waals surface area contributed by atoms with E-state index in [1.807, 2.05) is 53.6 Å². The van der Waals surface area contributed by atoms with Crippen LogP contribution in [0.2, 0.25) is 0 Å². The van der Waals surface area contributed by atoms with Crippen molar-refractivity contribution in [1.29, 1.82) is 0 Å². The van der Waals surface area contributed by atoms with Gasteiger partial charge < -0.3 is 14.7 Å². The van der Waals surface area contributed by atoms with E-state index in [0.717, 1.165) is 50.8 Å². The summed E-state index contributed by atoms with van der Waals surface area (Å²) in [6.45, 7) is 5.96. The number of aromatic nitrogens is 1. The van der Waals surface area contributed by atoms with Crippen LogP contribution in [0.1, 0.15) is 6.42 Å². The van der Waals surface area contributed by atoms with Crippen molar-refractivity contribution in [1.82, 2.24) is 14.8 Å². The zero-order valence-electron chi connectivity index (χ0n) is 17.1. The first-order valence-corrected chi connectivity index (χ1v) is 10.7. The maximum absolute atomic E-state index is 12.9. The molecular formula is C23H27N5O2. The zero-order valence-corrected chi connectivity index (χ0v) is 17.1. The summed E-state index contributed by atoms with van der Waals surface area (Å²) in [5.74, 6) is 0.989. The molecule has 1 atom stereocenters. The van der Waals surface area contributed by atoms with Gasteiger partial charge in [0.1, 0.15) is 5.82 Å². The number of likely N-dealkylation sites (tertiary alicyclic amines) is 1. The van der Waals surface area contributed by atoms with E-state index in [9.17, 15) is 9.59 Å². The van der Waals surface area contributed by atoms with Crippen molar-refractivity contribution in [2.45, 2.75) is 12.5 Å². The predicted octanol–water partition coefficient (Wildman–Crippen LogP) is 1.47. The molecule has 0 bridgehead atoms. The van der Waals surface area contributed by atoms with Crippen LogP contribution < -0.4 is 9.80 Å². The molecule has 3 saturated heterocycles. The van der Waals surface area contributed by atoms with Crippen LogP contribution in [0.4, 0.5) is 11.5 Å². The van der Waals surface area contributed by atoms with Gasteiger partial charge in [-0.3, -0.25) is 14.5 Å². The fraction of sp³-hybridized carbons (Fsp3) is 0.435. The van der Waals surface area contributed by atoms with Crippen LogP contribution in [-0.4, -0.2) is 78.5 Å². The van der Waals surface area contributed by atoms with E-state index in [0.29, 0.717) is 19.0 Å². The molecule has 2 amide bonds. The SMILES string of the molecule is O=C(C1CC(=O)N(c2ccccc2)C1)N1CC(N2CCN(c3ccccn3)CC2)C1. The Labute approximate surface area is 176 Å². The summed E-state index contributed by atoms with van der Waals surface area (Å²) >= 11 is 0. The molecule has 0 aliphatic carbocycles. The second-order valence-electron chi connectivity index (χ2n) is 8.35. The molecule has 0 spiro atoms. The molecule has 3 fully saturated rings. The van der Waals surface area contributed by atoms with E-state index in [1.165, 1.54) is 0 Å². The van der Waals surface area contributed by atoms with Crippen LogP contribution in [0, 0.1) is 5.92 Å². The largest absolute Gasteiger partial charge is 0.354 e. The van der Waals surface area contributed by atoms with E-state index in [2.05, 4.69) is 20.9 Å². The summed E-state index contributed by atoms with van der Waals surface area (Å²) in [5, 5.41) is 0. The number of hydrogen-bond donors (Lipinski definition) is 0. The highest BCUT2D eigenvalue weighted by Gasteiger charge is 2.42. The second-order valence-corrected chi connectivity index (χ2v) is 8.35. The average molecular weight is 406 g/mol. The molecular weight excluding hydrogens is 378 g/mol. The van der Waals surface area contributed by atoms with E-state index in [-0.39, 0.29) is 17.7 Å². The summed E-state index contributed by atoms with van der Waals surface area (Å²) in [4.78, 5) is 38.3. The molecule has 5 rings (SSSR count). The molecule has 4 heterocycles. The topological polar surface area (TPSA) is 60.0 Å². The van der Waals surface area contributed by atoms with Crippen LogP contribution in [0.3, 0.4) is 0 Å². The van der Waals surface area contributed by atoms with Gasteiger partial charge in [-0.15, -0.1) is 0 Å². The van der Waals surface area contributed by atoms with Crippen LogP contribution in [-0.2, 0) is 9.59 Å². The van der Waals surface area contributed by atoms with Crippen molar-refractivity contribution < 1.29 is 9.59 Å². The van der Waals surface area contributed by atoms with Crippen LogP contribution in [0.15, 0.2) is 54.7 Å². The Morgan fingerprint density at radius 1 is 0.900 bits per heavy atom. The highest BCUT2D eigenvalue weighted by atomic mass is 16.2. The van der Waals surface area contributed by atoms with Crippen molar-refractivity contribution >= 4 is 23.3 Å². The lowest BCUT2D eigenvalue weighted by Crippen LogP contribution is -2.65. The van der Waals surface area contributed by atoms with Gasteiger partial charge in [-0.25, -0.2) is 4.98 Å². The number of rotatable bonds is 4. The maximum atomic E-state index is 12.9. The molecule has 156 valence electrons. The summed E-state index contributed by atoms with van der Waals surface area (Å²) in [6, 6.07) is 16.1. The Morgan fingerprint density at radius 2 is 1.63 bits per heavy atom. The Hall–Kier alpha value is -2.93. The summed E-state index contributed by atoms with van der Waals surface area (Å²) < 4.78 is 0. The molecule has 3 aliphatic rings. The van der Waals surface area contributed by atoms with E-state index in [4.69, 9.17) is 0 Å². The number of benzene rings is 1. The van der Waals surface area contributed by atoms with Gasteiger partial charge in [-0.2, -0.15) is 0 Å². The van der Waals surface area contributed by atoms with Gasteiger partial charge in [-0.1, -0.05) is 24.3 Å². The van der Waals surface area contributed by atoms with E-state index in [1.54, 1.807) is 4.90 Å². The molecule has 2 aromatic rings. The third-order valence-corrected chi connectivity index (χ3v) is 6.52. The number of nitrogens with zero attached hydrogens (tertiary/aromatic N) is 5. The highest BCUT2D eigenvalue weighted by molar-refractivity contribution is 6.00. The Bertz CT molecular complexity index is 892. The Balaban J connectivity index is 1.11. The van der Waals surface area contributed by atoms with Gasteiger partial charge in [0.2, 0.25) is 11.8 Å². The minimum Gasteiger partial charge on any atom is -0.354 e. The normalized spacial score (nSPS) is 23.0. The Kier molecular flexibility index (Phi) is 5.12. The molecule has 0 radical (unpaired) electrons. The minimum absolute atomic E-state index is 0.0438. The molecule has 7 nitrogen and oxygen atoms in total.